The molecule has 0 fully saturated rings. The third kappa shape index (κ3) is 4.50. The van der Waals surface area contributed by atoms with E-state index in [-0.39, 0.29) is 30.2 Å². The van der Waals surface area contributed by atoms with E-state index in [1.54, 1.807) is 6.07 Å². The molecule has 1 aliphatic heterocycles. The Morgan fingerprint density at radius 1 is 1.17 bits per heavy atom. The maximum Gasteiger partial charge on any atom is 0.271 e. The molecule has 0 aromatic heterocycles. The first kappa shape index (κ1) is 20.6. The van der Waals surface area contributed by atoms with Gasteiger partial charge in [-0.15, -0.1) is 0 Å². The molecule has 2 aromatic rings. The number of amides is 1. The van der Waals surface area contributed by atoms with E-state index in [9.17, 15) is 14.9 Å². The molecule has 0 N–H and O–H groups in total. The number of rotatable bonds is 6. The fourth-order valence-electron chi connectivity index (χ4n) is 3.22. The molecule has 0 aliphatic carbocycles. The number of nitrogens with zero attached hydrogens (tertiary/aromatic N) is 2. The first-order chi connectivity index (χ1) is 13.7. The minimum atomic E-state index is -0.602. The maximum absolute atomic E-state index is 12.8. The quantitative estimate of drug-likeness (QED) is 0.529. The van der Waals surface area contributed by atoms with Crippen LogP contribution < -0.4 is 14.4 Å². The van der Waals surface area contributed by atoms with E-state index in [1.165, 1.54) is 22.6 Å². The third-order valence-electron chi connectivity index (χ3n) is 4.93. The Hall–Kier alpha value is -3.09. The van der Waals surface area contributed by atoms with Crippen molar-refractivity contribution >= 4 is 17.3 Å². The minimum absolute atomic E-state index is 0.0618. The van der Waals surface area contributed by atoms with E-state index in [1.807, 2.05) is 31.2 Å². The lowest BCUT2D eigenvalue weighted by molar-refractivity contribution is -0.384. The lowest BCUT2D eigenvalue weighted by Crippen LogP contribution is -2.47. The summed E-state index contributed by atoms with van der Waals surface area (Å²) >= 11 is 0. The lowest BCUT2D eigenvalue weighted by atomic mass is 9.87. The zero-order chi connectivity index (χ0) is 21.2. The van der Waals surface area contributed by atoms with Crippen LogP contribution in [0.15, 0.2) is 42.5 Å². The molecule has 0 saturated carbocycles. The molecule has 1 atom stereocenters. The number of fused-ring (bicyclic) bond motifs is 1. The van der Waals surface area contributed by atoms with E-state index in [0.717, 1.165) is 0 Å². The summed E-state index contributed by atoms with van der Waals surface area (Å²) in [6, 6.07) is 12.2. The fraction of sp³-hybridized carbons (Fsp3) is 0.409. The summed E-state index contributed by atoms with van der Waals surface area (Å²) in [5.41, 5.74) is 1.59. The highest BCUT2D eigenvalue weighted by Crippen LogP contribution is 2.37. The number of carbonyl (C=O) groups excluding carboxylic acids is 1. The Kier molecular flexibility index (Phi) is 5.77. The topological polar surface area (TPSA) is 81.9 Å². The molecule has 29 heavy (non-hydrogen) atoms. The second kappa shape index (κ2) is 8.11. The average molecular weight is 398 g/mol. The van der Waals surface area contributed by atoms with Crippen molar-refractivity contribution in [1.29, 1.82) is 0 Å². The van der Waals surface area contributed by atoms with E-state index >= 15 is 0 Å². The minimum Gasteiger partial charge on any atom is -0.492 e. The molecule has 3 rings (SSSR count). The van der Waals surface area contributed by atoms with Crippen molar-refractivity contribution in [1.82, 2.24) is 0 Å². The molecule has 0 spiro atoms. The monoisotopic (exact) mass is 398 g/mol. The molecule has 2 aromatic carbocycles. The van der Waals surface area contributed by atoms with Crippen LogP contribution in [-0.4, -0.2) is 30.1 Å². The van der Waals surface area contributed by atoms with Crippen LogP contribution in [-0.2, 0) is 10.2 Å². The highest BCUT2D eigenvalue weighted by Gasteiger charge is 2.34. The molecule has 7 heteroatoms. The molecule has 1 heterocycles. The Morgan fingerprint density at radius 3 is 2.45 bits per heavy atom. The predicted molar refractivity (Wildman–Crippen MR) is 111 cm³/mol. The third-order valence-corrected chi connectivity index (χ3v) is 4.93. The fourth-order valence-corrected chi connectivity index (χ4v) is 3.22. The van der Waals surface area contributed by atoms with E-state index < -0.39 is 11.0 Å². The number of hydrogen-bond donors (Lipinski definition) is 0. The Morgan fingerprint density at radius 2 is 1.86 bits per heavy atom. The Labute approximate surface area is 170 Å². The van der Waals surface area contributed by atoms with E-state index in [2.05, 4.69) is 20.8 Å². The average Bonchev–Trinajstić information content (AvgIpc) is 2.68. The van der Waals surface area contributed by atoms with Gasteiger partial charge in [-0.05, 0) is 35.6 Å². The normalized spacial score (nSPS) is 16.2. The lowest BCUT2D eigenvalue weighted by Gasteiger charge is -2.33. The van der Waals surface area contributed by atoms with Gasteiger partial charge >= 0.3 is 0 Å². The SMILES string of the molecule is CCC1Oc2ccc([N+](=O)[O-])cc2N(CCOc2ccc(C(C)(C)C)cc2)C1=O. The molecule has 1 amide bonds. The smallest absolute Gasteiger partial charge is 0.271 e. The molecule has 1 unspecified atom stereocenters. The van der Waals surface area contributed by atoms with Crippen LogP contribution in [0.3, 0.4) is 0 Å². The summed E-state index contributed by atoms with van der Waals surface area (Å²) in [4.78, 5) is 24.9. The van der Waals surface area contributed by atoms with Crippen molar-refractivity contribution in [2.75, 3.05) is 18.1 Å². The number of non-ortho nitro benzene ring substituents is 1. The van der Waals surface area contributed by atoms with Crippen LogP contribution in [0.5, 0.6) is 11.5 Å². The van der Waals surface area contributed by atoms with Crippen LogP contribution in [0.4, 0.5) is 11.4 Å². The van der Waals surface area contributed by atoms with Crippen molar-refractivity contribution < 1.29 is 19.2 Å². The van der Waals surface area contributed by atoms with Crippen LogP contribution in [0.2, 0.25) is 0 Å². The van der Waals surface area contributed by atoms with Gasteiger partial charge in [0.25, 0.3) is 11.6 Å². The van der Waals surface area contributed by atoms with Crippen molar-refractivity contribution in [3.63, 3.8) is 0 Å². The largest absolute Gasteiger partial charge is 0.492 e. The molecular formula is C22H26N2O5. The summed E-state index contributed by atoms with van der Waals surface area (Å²) < 4.78 is 11.5. The van der Waals surface area contributed by atoms with Crippen LogP contribution >= 0.6 is 0 Å². The number of nitro groups is 1. The van der Waals surface area contributed by atoms with Crippen molar-refractivity contribution in [3.8, 4) is 11.5 Å². The molecule has 154 valence electrons. The maximum atomic E-state index is 12.8. The van der Waals surface area contributed by atoms with Crippen molar-refractivity contribution in [3.05, 3.63) is 58.1 Å². The second-order valence-corrected chi connectivity index (χ2v) is 8.04. The zero-order valence-electron chi connectivity index (χ0n) is 17.2. The number of hydrogen-bond acceptors (Lipinski definition) is 5. The number of benzene rings is 2. The molecule has 1 aliphatic rings. The van der Waals surface area contributed by atoms with Gasteiger partial charge in [0.1, 0.15) is 18.1 Å². The highest BCUT2D eigenvalue weighted by molar-refractivity contribution is 6.00. The van der Waals surface area contributed by atoms with Crippen LogP contribution in [0.25, 0.3) is 0 Å². The highest BCUT2D eigenvalue weighted by atomic mass is 16.6. The first-order valence-corrected chi connectivity index (χ1v) is 9.70. The summed E-state index contributed by atoms with van der Waals surface area (Å²) in [7, 11) is 0. The summed E-state index contributed by atoms with van der Waals surface area (Å²) in [5.74, 6) is 0.966. The zero-order valence-corrected chi connectivity index (χ0v) is 17.2. The van der Waals surface area contributed by atoms with Gasteiger partial charge in [-0.1, -0.05) is 39.8 Å². The molecule has 0 saturated heterocycles. The van der Waals surface area contributed by atoms with Gasteiger partial charge in [-0.25, -0.2) is 0 Å². The second-order valence-electron chi connectivity index (χ2n) is 8.04. The van der Waals surface area contributed by atoms with Crippen LogP contribution in [0.1, 0.15) is 39.7 Å². The Balaban J connectivity index is 1.74. The summed E-state index contributed by atoms with van der Waals surface area (Å²) in [6.07, 6.45) is -0.0871. The van der Waals surface area contributed by atoms with Crippen molar-refractivity contribution in [2.45, 2.75) is 45.6 Å². The van der Waals surface area contributed by atoms with Gasteiger partial charge in [0.2, 0.25) is 0 Å². The van der Waals surface area contributed by atoms with Gasteiger partial charge in [-0.2, -0.15) is 0 Å². The summed E-state index contributed by atoms with van der Waals surface area (Å²) in [6.45, 7) is 8.84. The number of anilines is 1. The molecular weight excluding hydrogens is 372 g/mol. The molecule has 7 nitrogen and oxygen atoms in total. The number of carbonyl (C=O) groups is 1. The summed E-state index contributed by atoms with van der Waals surface area (Å²) in [5, 5.41) is 11.1. The first-order valence-electron chi connectivity index (χ1n) is 9.70. The van der Waals surface area contributed by atoms with Crippen LogP contribution in [0, 0.1) is 10.1 Å². The standard InChI is InChI=1S/C22H26N2O5/c1-5-19-21(25)23(18-14-16(24(26)27)8-11-20(18)29-19)12-13-28-17-9-6-15(7-10-17)22(2,3)4/h6-11,14,19H,5,12-13H2,1-4H3. The Bertz CT molecular complexity index is 902. The van der Waals surface area contributed by atoms with E-state index in [4.69, 9.17) is 9.47 Å². The van der Waals surface area contributed by atoms with Crippen molar-refractivity contribution in [2.24, 2.45) is 0 Å². The molecule has 0 bridgehead atoms. The molecule has 0 radical (unpaired) electrons. The van der Waals surface area contributed by atoms with Gasteiger partial charge in [0.05, 0.1) is 17.2 Å². The number of nitro benzene ring substituents is 1. The van der Waals surface area contributed by atoms with Gasteiger partial charge in [0.15, 0.2) is 6.10 Å². The van der Waals surface area contributed by atoms with Gasteiger partial charge < -0.3 is 14.4 Å². The number of ether oxygens (including phenoxy) is 2. The predicted octanol–water partition coefficient (Wildman–Crippen LogP) is 4.48. The van der Waals surface area contributed by atoms with E-state index in [0.29, 0.717) is 23.6 Å². The van der Waals surface area contributed by atoms with Gasteiger partial charge in [0, 0.05) is 12.1 Å². The van der Waals surface area contributed by atoms with Gasteiger partial charge in [-0.3, -0.25) is 14.9 Å².